The molecule has 0 amide bonds. The van der Waals surface area contributed by atoms with Crippen LogP contribution in [0.1, 0.15) is 24.1 Å². The van der Waals surface area contributed by atoms with E-state index < -0.39 is 0 Å². The summed E-state index contributed by atoms with van der Waals surface area (Å²) < 4.78 is 7.93. The number of aliphatic imine (C=N–C) groups is 1. The van der Waals surface area contributed by atoms with Crippen LogP contribution >= 0.6 is 11.9 Å². The second-order valence-electron chi connectivity index (χ2n) is 4.41. The van der Waals surface area contributed by atoms with Gasteiger partial charge in [-0.25, -0.2) is 9.97 Å². The van der Waals surface area contributed by atoms with Crippen LogP contribution in [0.15, 0.2) is 34.1 Å². The molecule has 0 aliphatic carbocycles. The predicted molar refractivity (Wildman–Crippen MR) is 92.8 cm³/mol. The number of rotatable bonds is 7. The monoisotopic (exact) mass is 333 g/mol. The molecule has 9 heteroatoms. The van der Waals surface area contributed by atoms with Crippen molar-refractivity contribution < 1.29 is 4.52 Å². The molecule has 0 aliphatic rings. The van der Waals surface area contributed by atoms with Gasteiger partial charge in [0, 0.05) is 25.4 Å². The van der Waals surface area contributed by atoms with Crippen LogP contribution in [0.5, 0.6) is 0 Å². The largest absolute Gasteiger partial charge is 0.396 e. The molecule has 122 valence electrons. The van der Waals surface area contributed by atoms with Crippen molar-refractivity contribution in [1.82, 2.24) is 15.1 Å². The molecule has 0 saturated carbocycles. The summed E-state index contributed by atoms with van der Waals surface area (Å²) in [7, 11) is 0. The Morgan fingerprint density at radius 2 is 2.35 bits per heavy atom. The van der Waals surface area contributed by atoms with Crippen LogP contribution in [0.25, 0.3) is 5.70 Å². The van der Waals surface area contributed by atoms with Gasteiger partial charge < -0.3 is 20.7 Å². The van der Waals surface area contributed by atoms with Crippen LogP contribution in [0.2, 0.25) is 0 Å². The van der Waals surface area contributed by atoms with Gasteiger partial charge in [-0.3, -0.25) is 4.99 Å². The molecule has 0 atom stereocenters. The molecule has 2 aromatic rings. The Labute approximate surface area is 138 Å². The molecule has 5 N–H and O–H groups in total. The number of anilines is 1. The highest BCUT2D eigenvalue weighted by Crippen LogP contribution is 2.16. The van der Waals surface area contributed by atoms with Gasteiger partial charge in [-0.15, -0.1) is 0 Å². The Morgan fingerprint density at radius 3 is 2.96 bits per heavy atom. The maximum atomic E-state index is 6.11. The molecular weight excluding hydrogens is 314 g/mol. The maximum absolute atomic E-state index is 6.11. The van der Waals surface area contributed by atoms with E-state index in [-0.39, 0.29) is 6.54 Å². The summed E-state index contributed by atoms with van der Waals surface area (Å²) in [5, 5.41) is 3.87. The molecule has 0 unspecified atom stereocenters. The Morgan fingerprint density at radius 1 is 1.52 bits per heavy atom. The SMILES string of the molecule is CCN=C(C=C(N)c1ncc(NSC)c(CN)n1)c1ccon1. The second-order valence-corrected chi connectivity index (χ2v) is 5.02. The highest BCUT2D eigenvalue weighted by atomic mass is 32.2. The summed E-state index contributed by atoms with van der Waals surface area (Å²) in [4.78, 5) is 13.0. The van der Waals surface area contributed by atoms with Crippen LogP contribution in [-0.4, -0.2) is 33.6 Å². The third-order valence-corrected chi connectivity index (χ3v) is 3.28. The number of allylic oxidation sites excluding steroid dienone is 1. The van der Waals surface area contributed by atoms with Gasteiger partial charge in [0.1, 0.15) is 12.0 Å². The first-order chi connectivity index (χ1) is 11.2. The van der Waals surface area contributed by atoms with Gasteiger partial charge in [0.15, 0.2) is 5.82 Å². The molecule has 8 nitrogen and oxygen atoms in total. The van der Waals surface area contributed by atoms with Crippen LogP contribution < -0.4 is 16.2 Å². The van der Waals surface area contributed by atoms with Crippen molar-refractivity contribution in [1.29, 1.82) is 0 Å². The number of aromatic nitrogens is 3. The molecule has 2 heterocycles. The van der Waals surface area contributed by atoms with Crippen molar-refractivity contribution in [3.63, 3.8) is 0 Å². The van der Waals surface area contributed by atoms with Gasteiger partial charge in [-0.2, -0.15) is 0 Å². The van der Waals surface area contributed by atoms with Gasteiger partial charge in [0.25, 0.3) is 0 Å². The van der Waals surface area contributed by atoms with E-state index in [1.165, 1.54) is 18.2 Å². The lowest BCUT2D eigenvalue weighted by molar-refractivity contribution is 0.418. The van der Waals surface area contributed by atoms with Crippen molar-refractivity contribution in [3.05, 3.63) is 41.8 Å². The van der Waals surface area contributed by atoms with E-state index >= 15 is 0 Å². The molecule has 2 aromatic heterocycles. The van der Waals surface area contributed by atoms with Crippen molar-refractivity contribution in [2.24, 2.45) is 16.5 Å². The fraction of sp³-hybridized carbons (Fsp3) is 0.286. The Hall–Kier alpha value is -2.39. The normalized spacial score (nSPS) is 12.5. The highest BCUT2D eigenvalue weighted by molar-refractivity contribution is 7.99. The van der Waals surface area contributed by atoms with E-state index in [0.29, 0.717) is 35.2 Å². The van der Waals surface area contributed by atoms with Gasteiger partial charge in [-0.1, -0.05) is 17.1 Å². The summed E-state index contributed by atoms with van der Waals surface area (Å²) in [6.07, 6.45) is 6.73. The Kier molecular flexibility index (Phi) is 6.12. The zero-order valence-electron chi connectivity index (χ0n) is 13.0. The van der Waals surface area contributed by atoms with Crippen LogP contribution in [0.3, 0.4) is 0 Å². The molecule has 23 heavy (non-hydrogen) atoms. The second kappa shape index (κ2) is 8.30. The maximum Gasteiger partial charge on any atom is 0.175 e. The molecule has 2 rings (SSSR count). The standard InChI is InChI=1S/C14H19N7OS/c1-3-17-11(10-4-5-22-20-10)6-9(16)14-18-8-13(21-23-2)12(7-15)19-14/h4-6,8,21H,3,7,15-16H2,1-2H3. The highest BCUT2D eigenvalue weighted by Gasteiger charge is 2.10. The average molecular weight is 333 g/mol. The summed E-state index contributed by atoms with van der Waals surface area (Å²) in [6.45, 7) is 2.80. The fourth-order valence-electron chi connectivity index (χ4n) is 1.83. The van der Waals surface area contributed by atoms with Crippen LogP contribution in [0, 0.1) is 0 Å². The minimum atomic E-state index is 0.283. The smallest absolute Gasteiger partial charge is 0.175 e. The lowest BCUT2D eigenvalue weighted by atomic mass is 10.2. The summed E-state index contributed by atoms with van der Waals surface area (Å²) in [6, 6.07) is 1.72. The first-order valence-corrected chi connectivity index (χ1v) is 8.19. The summed E-state index contributed by atoms with van der Waals surface area (Å²) in [5.41, 5.74) is 14.9. The third-order valence-electron chi connectivity index (χ3n) is 2.85. The number of hydrogen-bond donors (Lipinski definition) is 3. The van der Waals surface area contributed by atoms with Crippen molar-refractivity contribution in [3.8, 4) is 0 Å². The van der Waals surface area contributed by atoms with E-state index in [0.717, 1.165) is 5.69 Å². The molecule has 0 fully saturated rings. The quantitative estimate of drug-likeness (QED) is 0.512. The van der Waals surface area contributed by atoms with Gasteiger partial charge in [0.05, 0.1) is 29.0 Å². The van der Waals surface area contributed by atoms with E-state index in [1.807, 2.05) is 13.2 Å². The lowest BCUT2D eigenvalue weighted by Gasteiger charge is -2.09. The molecule has 0 aliphatic heterocycles. The lowest BCUT2D eigenvalue weighted by Crippen LogP contribution is -2.11. The van der Waals surface area contributed by atoms with E-state index in [1.54, 1.807) is 18.3 Å². The molecular formula is C14H19N7OS. The topological polar surface area (TPSA) is 128 Å². The van der Waals surface area contributed by atoms with E-state index in [9.17, 15) is 0 Å². The van der Waals surface area contributed by atoms with Gasteiger partial charge >= 0.3 is 0 Å². The van der Waals surface area contributed by atoms with Crippen molar-refractivity contribution in [2.75, 3.05) is 17.5 Å². The average Bonchev–Trinajstić information content (AvgIpc) is 3.09. The molecule has 0 spiro atoms. The van der Waals surface area contributed by atoms with E-state index in [4.69, 9.17) is 16.0 Å². The number of nitrogens with two attached hydrogens (primary N) is 2. The van der Waals surface area contributed by atoms with Crippen LogP contribution in [-0.2, 0) is 6.54 Å². The minimum Gasteiger partial charge on any atom is -0.396 e. The molecule has 0 saturated heterocycles. The number of hydrogen-bond acceptors (Lipinski definition) is 9. The fourth-order valence-corrected chi connectivity index (χ4v) is 2.22. The Balaban J connectivity index is 2.34. The van der Waals surface area contributed by atoms with Gasteiger partial charge in [-0.05, 0) is 13.0 Å². The first kappa shape index (κ1) is 17.0. The van der Waals surface area contributed by atoms with Crippen LogP contribution in [0.4, 0.5) is 5.69 Å². The van der Waals surface area contributed by atoms with Crippen molar-refractivity contribution >= 4 is 29.0 Å². The molecule has 0 aromatic carbocycles. The van der Waals surface area contributed by atoms with Gasteiger partial charge in [0.2, 0.25) is 0 Å². The van der Waals surface area contributed by atoms with E-state index in [2.05, 4.69) is 24.8 Å². The number of nitrogens with zero attached hydrogens (tertiary/aromatic N) is 4. The van der Waals surface area contributed by atoms with Crippen molar-refractivity contribution in [2.45, 2.75) is 13.5 Å². The zero-order valence-corrected chi connectivity index (χ0v) is 13.8. The predicted octanol–water partition coefficient (Wildman–Crippen LogP) is 1.42. The number of nitrogens with one attached hydrogen (secondary N) is 1. The minimum absolute atomic E-state index is 0.283. The molecule has 0 bridgehead atoms. The third kappa shape index (κ3) is 4.30. The summed E-state index contributed by atoms with van der Waals surface area (Å²) >= 11 is 1.44. The first-order valence-electron chi connectivity index (χ1n) is 6.97. The Bertz CT molecular complexity index is 697. The summed E-state index contributed by atoms with van der Waals surface area (Å²) in [5.74, 6) is 0.393. The zero-order chi connectivity index (χ0) is 16.7. The molecule has 0 radical (unpaired) electrons.